The van der Waals surface area contributed by atoms with E-state index in [-0.39, 0.29) is 47.4 Å². The van der Waals surface area contributed by atoms with Crippen LogP contribution in [0.1, 0.15) is 58.9 Å². The van der Waals surface area contributed by atoms with E-state index in [1.54, 1.807) is 7.11 Å². The molecule has 2 N–H and O–H groups in total. The first kappa shape index (κ1) is 26.3. The molecule has 0 bridgehead atoms. The third-order valence-corrected chi connectivity index (χ3v) is 8.64. The number of hydrogen-bond donors (Lipinski definition) is 2. The first-order chi connectivity index (χ1) is 16.6. The van der Waals surface area contributed by atoms with Crippen LogP contribution in [0.4, 0.5) is 9.93 Å². The average Bonchev–Trinajstić information content (AvgIpc) is 3.67. The molecule has 3 aliphatic rings. The third-order valence-electron chi connectivity index (χ3n) is 7.68. The zero-order valence-electron chi connectivity index (χ0n) is 21.9. The molecule has 9 nitrogen and oxygen atoms in total. The monoisotopic (exact) mass is 508 g/mol. The van der Waals surface area contributed by atoms with Gasteiger partial charge in [0.1, 0.15) is 28.4 Å². The fourth-order valence-electron chi connectivity index (χ4n) is 5.47. The number of ether oxygens (including phenoxy) is 4. The number of alkyl carbamates (subject to hydrolysis) is 1. The van der Waals surface area contributed by atoms with Gasteiger partial charge in [0.25, 0.3) is 0 Å². The number of methoxy groups -OCH3 is 1. The largest absolute Gasteiger partial charge is 0.443 e. The summed E-state index contributed by atoms with van der Waals surface area (Å²) in [5.74, 6) is 0.212. The average molecular weight is 509 g/mol. The summed E-state index contributed by atoms with van der Waals surface area (Å²) in [5, 5.41) is 16.0. The molecule has 1 aromatic rings. The molecule has 3 fully saturated rings. The van der Waals surface area contributed by atoms with Crippen LogP contribution in [0.15, 0.2) is 11.6 Å². The van der Waals surface area contributed by atoms with Crippen molar-refractivity contribution in [2.24, 2.45) is 11.8 Å². The van der Waals surface area contributed by atoms with Crippen molar-refractivity contribution in [3.05, 3.63) is 16.7 Å². The molecule has 4 rings (SSSR count). The van der Waals surface area contributed by atoms with Crippen LogP contribution in [0.2, 0.25) is 0 Å². The number of hydrogen-bond acceptors (Lipinski definition) is 9. The van der Waals surface area contributed by atoms with Crippen LogP contribution in [0, 0.1) is 11.8 Å². The molecule has 0 unspecified atom stereocenters. The second-order valence-electron chi connectivity index (χ2n) is 10.8. The third kappa shape index (κ3) is 5.65. The quantitative estimate of drug-likeness (QED) is 0.361. The van der Waals surface area contributed by atoms with E-state index in [1.807, 2.05) is 7.05 Å². The number of rotatable bonds is 10. The molecule has 7 atom stereocenters. The van der Waals surface area contributed by atoms with Crippen LogP contribution in [0.5, 0.6) is 0 Å². The highest BCUT2D eigenvalue weighted by molar-refractivity contribution is 7.15. The lowest BCUT2D eigenvalue weighted by atomic mass is 9.68. The summed E-state index contributed by atoms with van der Waals surface area (Å²) in [6.07, 6.45) is 4.24. The van der Waals surface area contributed by atoms with Crippen LogP contribution < -0.4 is 10.6 Å². The molecule has 2 saturated heterocycles. The van der Waals surface area contributed by atoms with E-state index in [0.29, 0.717) is 19.4 Å². The molecule has 0 radical (unpaired) electrons. The van der Waals surface area contributed by atoms with Gasteiger partial charge in [0, 0.05) is 26.6 Å². The molecule has 196 valence electrons. The van der Waals surface area contributed by atoms with E-state index < -0.39 is 6.09 Å². The molecule has 1 amide bonds. The summed E-state index contributed by atoms with van der Waals surface area (Å²) >= 11 is 1.49. The lowest BCUT2D eigenvalue weighted by Gasteiger charge is -2.42. The molecule has 1 aliphatic carbocycles. The van der Waals surface area contributed by atoms with Crippen LogP contribution in [-0.4, -0.2) is 72.6 Å². The van der Waals surface area contributed by atoms with E-state index in [4.69, 9.17) is 18.9 Å². The van der Waals surface area contributed by atoms with E-state index >= 15 is 0 Å². The van der Waals surface area contributed by atoms with E-state index in [0.717, 1.165) is 23.0 Å². The van der Waals surface area contributed by atoms with E-state index in [1.165, 1.54) is 16.9 Å². The molecule has 2 aliphatic heterocycles. The smallest absolute Gasteiger partial charge is 0.407 e. The number of anilines is 1. The number of nitrogens with one attached hydrogen (secondary N) is 2. The Morgan fingerprint density at radius 2 is 2.09 bits per heavy atom. The van der Waals surface area contributed by atoms with Gasteiger partial charge in [-0.25, -0.2) is 4.79 Å². The number of carbonyl (C=O) groups excluding carboxylic acids is 1. The number of carbonyl (C=O) groups is 1. The van der Waals surface area contributed by atoms with Crippen molar-refractivity contribution in [1.82, 2.24) is 15.5 Å². The number of amides is 1. The standard InChI is InChI=1S/C25H40N4O5S/c1-14(2)8-9-18-24(5,34-18)21-20(31-7)17(10-11-25(21)13-32-25)33-23(30)27-16(15(3)4)12-19-28-29-22(26-6)35-19/h8,15-18,20-21H,9-13H2,1-7H3,(H,26,29)(H,27,30)/t16-,17+,18+,20+,21+,24-,25-/m0/s1. The summed E-state index contributed by atoms with van der Waals surface area (Å²) in [6.45, 7) is 11.2. The highest BCUT2D eigenvalue weighted by Crippen LogP contribution is 2.59. The number of epoxide rings is 2. The summed E-state index contributed by atoms with van der Waals surface area (Å²) in [4.78, 5) is 13.0. The summed E-state index contributed by atoms with van der Waals surface area (Å²) in [7, 11) is 3.51. The molecule has 1 saturated carbocycles. The molecule has 10 heteroatoms. The maximum Gasteiger partial charge on any atom is 0.407 e. The number of aromatic nitrogens is 2. The van der Waals surface area contributed by atoms with Crippen molar-refractivity contribution in [1.29, 1.82) is 0 Å². The van der Waals surface area contributed by atoms with Gasteiger partial charge in [-0.3, -0.25) is 0 Å². The van der Waals surface area contributed by atoms with Gasteiger partial charge >= 0.3 is 6.09 Å². The van der Waals surface area contributed by atoms with Crippen molar-refractivity contribution < 1.29 is 23.7 Å². The Morgan fingerprint density at radius 3 is 2.66 bits per heavy atom. The lowest BCUT2D eigenvalue weighted by Crippen LogP contribution is -2.56. The Labute approximate surface area is 212 Å². The summed E-state index contributed by atoms with van der Waals surface area (Å²) < 4.78 is 24.2. The highest BCUT2D eigenvalue weighted by atomic mass is 32.1. The SMILES string of the molecule is CNc1nnc(C[C@H](NC(=O)O[C@@H]2CC[C@]3(CO3)[C@@H]([C@@]3(C)O[C@@H]3CC=C(C)C)[C@@H]2OC)C(C)C)s1. The molecule has 1 spiro atoms. The van der Waals surface area contributed by atoms with Gasteiger partial charge in [-0.2, -0.15) is 0 Å². The minimum Gasteiger partial charge on any atom is -0.443 e. The first-order valence-electron chi connectivity index (χ1n) is 12.6. The van der Waals surface area contributed by atoms with Gasteiger partial charge in [0.15, 0.2) is 0 Å². The molecular weight excluding hydrogens is 468 g/mol. The fourth-order valence-corrected chi connectivity index (χ4v) is 6.22. The predicted octanol–water partition coefficient (Wildman–Crippen LogP) is 3.95. The van der Waals surface area contributed by atoms with Crippen molar-refractivity contribution in [2.75, 3.05) is 26.1 Å². The topological polar surface area (TPSA) is 110 Å². The van der Waals surface area contributed by atoms with Crippen molar-refractivity contribution >= 4 is 22.6 Å². The zero-order valence-corrected chi connectivity index (χ0v) is 22.7. The van der Waals surface area contributed by atoms with Gasteiger partial charge in [0.05, 0.1) is 18.6 Å². The molecular formula is C25H40N4O5S. The van der Waals surface area contributed by atoms with Gasteiger partial charge in [-0.05, 0) is 46.0 Å². The maximum absolute atomic E-state index is 13.0. The molecule has 3 heterocycles. The van der Waals surface area contributed by atoms with Crippen molar-refractivity contribution in [2.45, 2.75) is 95.9 Å². The first-order valence-corrected chi connectivity index (χ1v) is 13.4. The Balaban J connectivity index is 1.41. The van der Waals surface area contributed by atoms with Gasteiger partial charge in [-0.15, -0.1) is 10.2 Å². The van der Waals surface area contributed by atoms with Gasteiger partial charge in [-0.1, -0.05) is 36.8 Å². The minimum absolute atomic E-state index is 0.00404. The summed E-state index contributed by atoms with van der Waals surface area (Å²) in [5.41, 5.74) is 0.681. The van der Waals surface area contributed by atoms with Gasteiger partial charge in [0.2, 0.25) is 5.13 Å². The molecule has 0 aromatic carbocycles. The minimum atomic E-state index is -0.427. The summed E-state index contributed by atoms with van der Waals surface area (Å²) in [6, 6.07) is -0.114. The fraction of sp³-hybridized carbons (Fsp3) is 0.800. The Hall–Kier alpha value is -1.75. The van der Waals surface area contributed by atoms with Crippen molar-refractivity contribution in [3.8, 4) is 0 Å². The van der Waals surface area contributed by atoms with Crippen LogP contribution in [0.3, 0.4) is 0 Å². The van der Waals surface area contributed by atoms with Crippen molar-refractivity contribution in [3.63, 3.8) is 0 Å². The van der Waals surface area contributed by atoms with E-state index in [2.05, 4.69) is 61.5 Å². The second kappa shape index (κ2) is 10.3. The second-order valence-corrected chi connectivity index (χ2v) is 11.8. The predicted molar refractivity (Wildman–Crippen MR) is 135 cm³/mol. The normalized spacial score (nSPS) is 34.4. The number of allylic oxidation sites excluding steroid dienone is 1. The maximum atomic E-state index is 13.0. The van der Waals surface area contributed by atoms with E-state index in [9.17, 15) is 4.79 Å². The van der Waals surface area contributed by atoms with Crippen LogP contribution >= 0.6 is 11.3 Å². The lowest BCUT2D eigenvalue weighted by molar-refractivity contribution is -0.118. The zero-order chi connectivity index (χ0) is 25.4. The Kier molecular flexibility index (Phi) is 7.76. The van der Waals surface area contributed by atoms with Crippen LogP contribution in [0.25, 0.3) is 0 Å². The Morgan fingerprint density at radius 1 is 1.34 bits per heavy atom. The highest BCUT2D eigenvalue weighted by Gasteiger charge is 2.72. The number of nitrogens with zero attached hydrogens (tertiary/aromatic N) is 2. The molecule has 35 heavy (non-hydrogen) atoms. The molecule has 1 aromatic heterocycles. The van der Waals surface area contributed by atoms with Gasteiger partial charge < -0.3 is 29.6 Å². The Bertz CT molecular complexity index is 929. The van der Waals surface area contributed by atoms with Crippen LogP contribution in [-0.2, 0) is 25.4 Å².